The molecule has 0 spiro atoms. The molecule has 0 unspecified atom stereocenters. The first-order valence-electron chi connectivity index (χ1n) is 11.0. The van der Waals surface area contributed by atoms with Gasteiger partial charge in [0.05, 0.1) is 10.1 Å². The number of piperidine rings is 1. The van der Waals surface area contributed by atoms with Gasteiger partial charge in [0.2, 0.25) is 5.91 Å². The van der Waals surface area contributed by atoms with Gasteiger partial charge in [0.15, 0.2) is 9.84 Å². The number of ether oxygens (including phenoxy) is 1. The zero-order chi connectivity index (χ0) is 23.3. The first kappa shape index (κ1) is 23.0. The van der Waals surface area contributed by atoms with Crippen LogP contribution in [0.3, 0.4) is 0 Å². The predicted octanol–water partition coefficient (Wildman–Crippen LogP) is 5.02. The molecule has 7 heteroatoms. The Hall–Kier alpha value is -3.19. The molecule has 0 bridgehead atoms. The smallest absolute Gasteiger partial charge is 0.222 e. The van der Waals surface area contributed by atoms with Crippen molar-refractivity contribution in [1.82, 2.24) is 4.90 Å². The van der Waals surface area contributed by atoms with Crippen LogP contribution in [0.2, 0.25) is 0 Å². The Morgan fingerprint density at radius 3 is 2.30 bits per heavy atom. The molecule has 1 heterocycles. The molecule has 172 valence electrons. The quantitative estimate of drug-likeness (QED) is 0.490. The van der Waals surface area contributed by atoms with E-state index in [-0.39, 0.29) is 11.7 Å². The van der Waals surface area contributed by atoms with Crippen molar-refractivity contribution in [1.29, 1.82) is 0 Å². The number of hydrogen-bond donors (Lipinski definition) is 0. The molecule has 1 amide bonds. The number of likely N-dealkylation sites (tertiary alicyclic amines) is 1. The lowest BCUT2D eigenvalue weighted by molar-refractivity contribution is -0.132. The van der Waals surface area contributed by atoms with Crippen LogP contribution in [0.4, 0.5) is 4.39 Å². The summed E-state index contributed by atoms with van der Waals surface area (Å²) in [6.45, 7) is 0.895. The van der Waals surface area contributed by atoms with Crippen molar-refractivity contribution in [2.24, 2.45) is 0 Å². The van der Waals surface area contributed by atoms with E-state index in [1.54, 1.807) is 47.4 Å². The Labute approximate surface area is 193 Å². The van der Waals surface area contributed by atoms with Gasteiger partial charge in [-0.2, -0.15) is 0 Å². The zero-order valence-corrected chi connectivity index (χ0v) is 19.0. The van der Waals surface area contributed by atoms with Crippen LogP contribution in [0.25, 0.3) is 0 Å². The molecule has 33 heavy (non-hydrogen) atoms. The Balaban J connectivity index is 1.29. The number of amides is 1. The van der Waals surface area contributed by atoms with Crippen LogP contribution in [0.1, 0.15) is 24.8 Å². The van der Waals surface area contributed by atoms with E-state index in [1.165, 1.54) is 12.1 Å². The maximum atomic E-state index is 13.1. The molecule has 1 aliphatic rings. The second-order valence-corrected chi connectivity index (χ2v) is 10.4. The Kier molecular flexibility index (Phi) is 7.08. The number of aryl methyl sites for hydroxylation is 1. The van der Waals surface area contributed by atoms with Crippen LogP contribution in [0, 0.1) is 5.82 Å². The minimum Gasteiger partial charge on any atom is -0.457 e. The number of carbonyl (C=O) groups excluding carboxylic acids is 1. The molecule has 0 atom stereocenters. The average molecular weight is 468 g/mol. The van der Waals surface area contributed by atoms with Crippen molar-refractivity contribution in [2.45, 2.75) is 35.8 Å². The monoisotopic (exact) mass is 467 g/mol. The number of rotatable bonds is 7. The summed E-state index contributed by atoms with van der Waals surface area (Å²) in [5.74, 6) is 0.864. The summed E-state index contributed by atoms with van der Waals surface area (Å²) in [7, 11) is -3.37. The van der Waals surface area contributed by atoms with Crippen molar-refractivity contribution in [2.75, 3.05) is 13.1 Å². The molecule has 1 saturated heterocycles. The molecule has 0 aromatic heterocycles. The predicted molar refractivity (Wildman–Crippen MR) is 124 cm³/mol. The highest BCUT2D eigenvalue weighted by molar-refractivity contribution is 7.92. The zero-order valence-electron chi connectivity index (χ0n) is 18.2. The summed E-state index contributed by atoms with van der Waals surface area (Å²) in [4.78, 5) is 14.8. The highest BCUT2D eigenvalue weighted by atomic mass is 32.2. The number of sulfone groups is 1. The molecule has 0 N–H and O–H groups in total. The number of hydrogen-bond acceptors (Lipinski definition) is 4. The number of benzene rings is 3. The van der Waals surface area contributed by atoms with E-state index in [2.05, 4.69) is 0 Å². The molecule has 3 aromatic rings. The normalized spacial score (nSPS) is 14.8. The molecular formula is C26H26FNO4S. The first-order chi connectivity index (χ1) is 15.9. The molecule has 0 aliphatic carbocycles. The van der Waals surface area contributed by atoms with E-state index in [0.717, 1.165) is 5.56 Å². The molecule has 1 fully saturated rings. The molecule has 5 nitrogen and oxygen atoms in total. The highest BCUT2D eigenvalue weighted by Gasteiger charge is 2.32. The summed E-state index contributed by atoms with van der Waals surface area (Å²) in [5.41, 5.74) is 0.963. The largest absolute Gasteiger partial charge is 0.457 e. The fourth-order valence-electron chi connectivity index (χ4n) is 4.03. The Morgan fingerprint density at radius 2 is 1.61 bits per heavy atom. The van der Waals surface area contributed by atoms with Gasteiger partial charge in [-0.1, -0.05) is 30.3 Å². The summed E-state index contributed by atoms with van der Waals surface area (Å²) >= 11 is 0. The van der Waals surface area contributed by atoms with Gasteiger partial charge in [-0.25, -0.2) is 12.8 Å². The van der Waals surface area contributed by atoms with Gasteiger partial charge in [-0.05, 0) is 73.4 Å². The molecule has 3 aromatic carbocycles. The van der Waals surface area contributed by atoms with E-state index < -0.39 is 15.1 Å². The van der Waals surface area contributed by atoms with Crippen LogP contribution in [0.15, 0.2) is 83.8 Å². The summed E-state index contributed by atoms with van der Waals surface area (Å²) in [6.07, 6.45) is 1.80. The Morgan fingerprint density at radius 1 is 0.909 bits per heavy atom. The Bertz CT molecular complexity index is 1190. The van der Waals surface area contributed by atoms with Crippen LogP contribution in [-0.2, 0) is 21.1 Å². The van der Waals surface area contributed by atoms with Gasteiger partial charge < -0.3 is 9.64 Å². The van der Waals surface area contributed by atoms with Gasteiger partial charge in [-0.15, -0.1) is 0 Å². The topological polar surface area (TPSA) is 63.7 Å². The van der Waals surface area contributed by atoms with Crippen molar-refractivity contribution < 1.29 is 22.3 Å². The van der Waals surface area contributed by atoms with Crippen LogP contribution in [0.5, 0.6) is 11.5 Å². The molecular weight excluding hydrogens is 441 g/mol. The van der Waals surface area contributed by atoms with E-state index in [0.29, 0.717) is 55.2 Å². The van der Waals surface area contributed by atoms with Crippen molar-refractivity contribution in [3.63, 3.8) is 0 Å². The summed E-state index contributed by atoms with van der Waals surface area (Å²) < 4.78 is 44.5. The number of carbonyl (C=O) groups is 1. The third kappa shape index (κ3) is 5.79. The molecule has 0 saturated carbocycles. The van der Waals surface area contributed by atoms with E-state index in [4.69, 9.17) is 4.74 Å². The van der Waals surface area contributed by atoms with E-state index >= 15 is 0 Å². The van der Waals surface area contributed by atoms with E-state index in [9.17, 15) is 17.6 Å². The van der Waals surface area contributed by atoms with Crippen molar-refractivity contribution in [3.05, 3.63) is 90.2 Å². The maximum Gasteiger partial charge on any atom is 0.222 e. The third-order valence-corrected chi connectivity index (χ3v) is 8.16. The summed E-state index contributed by atoms with van der Waals surface area (Å²) in [6, 6.07) is 21.8. The second kappa shape index (κ2) is 10.2. The molecule has 0 radical (unpaired) electrons. The van der Waals surface area contributed by atoms with Gasteiger partial charge in [0.1, 0.15) is 17.3 Å². The number of halogens is 1. The minimum atomic E-state index is -3.37. The molecule has 1 aliphatic heterocycles. The van der Waals surface area contributed by atoms with Gasteiger partial charge >= 0.3 is 0 Å². The molecule has 4 rings (SSSR count). The van der Waals surface area contributed by atoms with Gasteiger partial charge in [0, 0.05) is 19.5 Å². The van der Waals surface area contributed by atoms with Crippen LogP contribution < -0.4 is 4.74 Å². The number of nitrogens with zero attached hydrogens (tertiary/aromatic N) is 1. The maximum absolute atomic E-state index is 13.1. The summed E-state index contributed by atoms with van der Waals surface area (Å²) in [5, 5.41) is -0.454. The highest BCUT2D eigenvalue weighted by Crippen LogP contribution is 2.26. The third-order valence-electron chi connectivity index (χ3n) is 5.88. The fraction of sp³-hybridized carbons (Fsp3) is 0.269. The second-order valence-electron chi connectivity index (χ2n) is 8.14. The van der Waals surface area contributed by atoms with Gasteiger partial charge in [0.25, 0.3) is 0 Å². The van der Waals surface area contributed by atoms with Gasteiger partial charge in [-0.3, -0.25) is 4.79 Å². The lowest BCUT2D eigenvalue weighted by Gasteiger charge is -2.32. The van der Waals surface area contributed by atoms with Crippen LogP contribution >= 0.6 is 0 Å². The lowest BCUT2D eigenvalue weighted by atomic mass is 10.1. The van der Waals surface area contributed by atoms with Crippen LogP contribution in [-0.4, -0.2) is 37.6 Å². The van der Waals surface area contributed by atoms with Crippen molar-refractivity contribution >= 4 is 15.7 Å². The average Bonchev–Trinajstić information content (AvgIpc) is 2.85. The van der Waals surface area contributed by atoms with E-state index in [1.807, 2.05) is 24.3 Å². The first-order valence-corrected chi connectivity index (χ1v) is 12.6. The SMILES string of the molecule is O=C(CCc1cccc(Oc2ccc(F)cc2)c1)N1CCC(S(=O)(=O)c2ccccc2)CC1. The minimum absolute atomic E-state index is 0.0235. The fourth-order valence-corrected chi connectivity index (χ4v) is 5.78. The standard InChI is InChI=1S/C26H26FNO4S/c27-21-10-12-22(13-11-21)32-23-6-4-5-20(19-23)9-14-26(29)28-17-15-25(16-18-28)33(30,31)24-7-2-1-3-8-24/h1-8,10-13,19,25H,9,14-18H2. The lowest BCUT2D eigenvalue weighted by Crippen LogP contribution is -2.42. The van der Waals surface area contributed by atoms with Crippen molar-refractivity contribution in [3.8, 4) is 11.5 Å².